The van der Waals surface area contributed by atoms with Gasteiger partial charge in [0.1, 0.15) is 11.8 Å². The molecule has 5 rings (SSSR count). The first-order valence-electron chi connectivity index (χ1n) is 13.9. The van der Waals surface area contributed by atoms with Crippen molar-refractivity contribution in [2.24, 2.45) is 0 Å². The number of carbonyl (C=O) groups is 2. The molecule has 39 heavy (non-hydrogen) atoms. The Morgan fingerprint density at radius 1 is 0.872 bits per heavy atom. The van der Waals surface area contributed by atoms with Crippen LogP contribution >= 0.6 is 0 Å². The van der Waals surface area contributed by atoms with Crippen LogP contribution in [0.5, 0.6) is 5.75 Å². The van der Waals surface area contributed by atoms with E-state index in [-0.39, 0.29) is 24.5 Å². The summed E-state index contributed by atoms with van der Waals surface area (Å²) >= 11 is 0. The Hall–Kier alpha value is -4.12. The van der Waals surface area contributed by atoms with Crippen LogP contribution in [0.1, 0.15) is 42.4 Å². The van der Waals surface area contributed by atoms with Crippen molar-refractivity contribution < 1.29 is 14.3 Å². The summed E-state index contributed by atoms with van der Waals surface area (Å²) in [6, 6.07) is 31.3. The van der Waals surface area contributed by atoms with Gasteiger partial charge in [0.15, 0.2) is 6.61 Å². The summed E-state index contributed by atoms with van der Waals surface area (Å²) in [6.07, 6.45) is 4.66. The molecule has 0 spiro atoms. The Kier molecular flexibility index (Phi) is 8.57. The molecule has 0 aromatic heterocycles. The third-order valence-electron chi connectivity index (χ3n) is 7.51. The largest absolute Gasteiger partial charge is 0.483 e. The van der Waals surface area contributed by atoms with Crippen LogP contribution in [0.2, 0.25) is 0 Å². The van der Waals surface area contributed by atoms with Crippen LogP contribution in [0.4, 0.5) is 0 Å². The Morgan fingerprint density at radius 3 is 2.36 bits per heavy atom. The zero-order valence-corrected chi connectivity index (χ0v) is 22.5. The van der Waals surface area contributed by atoms with Crippen LogP contribution in [0, 0.1) is 6.92 Å². The van der Waals surface area contributed by atoms with Gasteiger partial charge in [0.05, 0.1) is 0 Å². The van der Waals surface area contributed by atoms with Gasteiger partial charge < -0.3 is 15.0 Å². The molecular formula is C34H36N2O3. The second-order valence-electron chi connectivity index (χ2n) is 10.5. The number of hydrogen-bond donors (Lipinski definition) is 1. The molecule has 1 aliphatic rings. The van der Waals surface area contributed by atoms with Crippen LogP contribution in [0.25, 0.3) is 10.8 Å². The number of aryl methyl sites for hydroxylation is 1. The summed E-state index contributed by atoms with van der Waals surface area (Å²) in [5, 5.41) is 5.27. The van der Waals surface area contributed by atoms with E-state index in [2.05, 4.69) is 11.4 Å². The molecule has 1 N–H and O–H groups in total. The molecule has 200 valence electrons. The lowest BCUT2D eigenvalue weighted by molar-refractivity contribution is -0.143. The molecule has 1 atom stereocenters. The molecule has 1 fully saturated rings. The van der Waals surface area contributed by atoms with Crippen LogP contribution in [-0.4, -0.2) is 35.4 Å². The second kappa shape index (κ2) is 12.6. The number of hydrogen-bond acceptors (Lipinski definition) is 3. The van der Waals surface area contributed by atoms with E-state index in [1.807, 2.05) is 97.9 Å². The van der Waals surface area contributed by atoms with E-state index in [0.29, 0.717) is 18.7 Å². The molecule has 4 aromatic rings. The summed E-state index contributed by atoms with van der Waals surface area (Å²) in [7, 11) is 0. The maximum absolute atomic E-state index is 13.9. The average molecular weight is 521 g/mol. The normalized spacial score (nSPS) is 14.2. The lowest BCUT2D eigenvalue weighted by Crippen LogP contribution is -2.53. The van der Waals surface area contributed by atoms with E-state index in [0.717, 1.165) is 53.1 Å². The fourth-order valence-electron chi connectivity index (χ4n) is 5.47. The Labute approximate surface area is 230 Å². The lowest BCUT2D eigenvalue weighted by atomic mass is 10.0. The first-order valence-corrected chi connectivity index (χ1v) is 13.9. The van der Waals surface area contributed by atoms with Gasteiger partial charge in [-0.15, -0.1) is 0 Å². The van der Waals surface area contributed by atoms with Crippen molar-refractivity contribution >= 4 is 22.6 Å². The van der Waals surface area contributed by atoms with Crippen molar-refractivity contribution in [2.75, 3.05) is 6.61 Å². The predicted octanol–water partition coefficient (Wildman–Crippen LogP) is 6.23. The second-order valence-corrected chi connectivity index (χ2v) is 10.5. The van der Waals surface area contributed by atoms with Crippen LogP contribution < -0.4 is 10.1 Å². The standard InChI is InChI=1S/C34H36N2O3/c1-25-11-9-14-27(21-25)23-36(33(37)24-39-32-20-10-16-28-15-5-8-19-30(28)32)31(22-26-12-3-2-4-13-26)34(38)35-29-17-6-7-18-29/h2-5,8-16,19-21,29,31H,6-7,17-18,22-24H2,1H3,(H,35,38). The molecule has 5 nitrogen and oxygen atoms in total. The minimum Gasteiger partial charge on any atom is -0.483 e. The number of nitrogens with one attached hydrogen (secondary N) is 1. The molecule has 0 bridgehead atoms. The molecule has 1 unspecified atom stereocenters. The van der Waals surface area contributed by atoms with Crippen molar-refractivity contribution in [3.8, 4) is 5.75 Å². The highest BCUT2D eigenvalue weighted by molar-refractivity contribution is 5.90. The molecule has 0 heterocycles. The van der Waals surface area contributed by atoms with E-state index in [1.54, 1.807) is 4.90 Å². The molecule has 0 radical (unpaired) electrons. The van der Waals surface area contributed by atoms with Gasteiger partial charge in [-0.1, -0.05) is 109 Å². The Bertz CT molecular complexity index is 1410. The Morgan fingerprint density at radius 2 is 1.56 bits per heavy atom. The van der Waals surface area contributed by atoms with Crippen molar-refractivity contribution in [3.63, 3.8) is 0 Å². The van der Waals surface area contributed by atoms with Gasteiger partial charge in [0, 0.05) is 24.4 Å². The molecule has 1 aliphatic carbocycles. The number of ether oxygens (including phenoxy) is 1. The minimum absolute atomic E-state index is 0.100. The molecule has 0 saturated heterocycles. The van der Waals surface area contributed by atoms with E-state index in [4.69, 9.17) is 4.74 Å². The number of benzene rings is 4. The third-order valence-corrected chi connectivity index (χ3v) is 7.51. The van der Waals surface area contributed by atoms with Crippen molar-refractivity contribution in [3.05, 3.63) is 114 Å². The summed E-state index contributed by atoms with van der Waals surface area (Å²) in [5.41, 5.74) is 3.11. The van der Waals surface area contributed by atoms with Crippen molar-refractivity contribution in [2.45, 2.75) is 57.7 Å². The number of carbonyl (C=O) groups excluding carboxylic acids is 2. The molecule has 0 aliphatic heterocycles. The van der Waals surface area contributed by atoms with E-state index < -0.39 is 6.04 Å². The van der Waals surface area contributed by atoms with Gasteiger partial charge in [-0.05, 0) is 42.3 Å². The summed E-state index contributed by atoms with van der Waals surface area (Å²) in [6.45, 7) is 2.21. The number of nitrogens with zero attached hydrogens (tertiary/aromatic N) is 1. The van der Waals surface area contributed by atoms with Gasteiger partial charge in [-0.2, -0.15) is 0 Å². The SMILES string of the molecule is Cc1cccc(CN(C(=O)COc2cccc3ccccc23)C(Cc2ccccc2)C(=O)NC2CCCC2)c1. The van der Waals surface area contributed by atoms with Gasteiger partial charge >= 0.3 is 0 Å². The number of fused-ring (bicyclic) bond motifs is 1. The van der Waals surface area contributed by atoms with Crippen molar-refractivity contribution in [1.82, 2.24) is 10.2 Å². The van der Waals surface area contributed by atoms with Crippen LogP contribution in [0.15, 0.2) is 97.1 Å². The first kappa shape index (κ1) is 26.5. The van der Waals surface area contributed by atoms with Crippen molar-refractivity contribution in [1.29, 1.82) is 0 Å². The molecular weight excluding hydrogens is 484 g/mol. The van der Waals surface area contributed by atoms with Crippen LogP contribution in [-0.2, 0) is 22.6 Å². The smallest absolute Gasteiger partial charge is 0.261 e. The van der Waals surface area contributed by atoms with Gasteiger partial charge in [-0.25, -0.2) is 0 Å². The molecule has 5 heteroatoms. The molecule has 4 aromatic carbocycles. The number of rotatable bonds is 10. The van der Waals surface area contributed by atoms with Gasteiger partial charge in [0.25, 0.3) is 5.91 Å². The van der Waals surface area contributed by atoms with Gasteiger partial charge in [-0.3, -0.25) is 9.59 Å². The van der Waals surface area contributed by atoms with E-state index >= 15 is 0 Å². The lowest BCUT2D eigenvalue weighted by Gasteiger charge is -2.32. The molecule has 1 saturated carbocycles. The molecule has 2 amide bonds. The predicted molar refractivity (Wildman–Crippen MR) is 156 cm³/mol. The minimum atomic E-state index is -0.655. The maximum atomic E-state index is 13.9. The quantitative estimate of drug-likeness (QED) is 0.270. The average Bonchev–Trinajstić information content (AvgIpc) is 3.47. The highest BCUT2D eigenvalue weighted by Gasteiger charge is 2.32. The summed E-state index contributed by atoms with van der Waals surface area (Å²) in [4.78, 5) is 29.5. The topological polar surface area (TPSA) is 58.6 Å². The highest BCUT2D eigenvalue weighted by atomic mass is 16.5. The van der Waals surface area contributed by atoms with Gasteiger partial charge in [0.2, 0.25) is 5.91 Å². The number of amides is 2. The zero-order valence-electron chi connectivity index (χ0n) is 22.5. The fraction of sp³-hybridized carbons (Fsp3) is 0.294. The zero-order chi connectivity index (χ0) is 27.0. The van der Waals surface area contributed by atoms with Crippen LogP contribution in [0.3, 0.4) is 0 Å². The van der Waals surface area contributed by atoms with E-state index in [9.17, 15) is 9.59 Å². The Balaban J connectivity index is 1.44. The highest BCUT2D eigenvalue weighted by Crippen LogP contribution is 2.26. The fourth-order valence-corrected chi connectivity index (χ4v) is 5.47. The summed E-state index contributed by atoms with van der Waals surface area (Å²) < 4.78 is 6.11. The maximum Gasteiger partial charge on any atom is 0.261 e. The monoisotopic (exact) mass is 520 g/mol. The summed E-state index contributed by atoms with van der Waals surface area (Å²) in [5.74, 6) is 0.343. The third kappa shape index (κ3) is 6.85. The van der Waals surface area contributed by atoms with E-state index in [1.165, 1.54) is 0 Å². The first-order chi connectivity index (χ1) is 19.1.